The minimum absolute atomic E-state index is 0.0323. The number of fused-ring (bicyclic) bond motifs is 4. The molecule has 2 atom stereocenters. The number of hydrogen-bond acceptors (Lipinski definition) is 13. The Morgan fingerprint density at radius 2 is 1.33 bits per heavy atom. The van der Waals surface area contributed by atoms with Gasteiger partial charge in [-0.1, -0.05) is 134 Å². The van der Waals surface area contributed by atoms with Crippen molar-refractivity contribution in [1.82, 2.24) is 9.62 Å². The number of likely N-dealkylation sites (N-methyl/N-ethyl adjacent to an activating group) is 1. The van der Waals surface area contributed by atoms with Gasteiger partial charge in [-0.15, -0.1) is 0 Å². The lowest BCUT2D eigenvalue weighted by Gasteiger charge is -2.37. The molecular formula is C76H80N4O11S. The van der Waals surface area contributed by atoms with E-state index in [0.717, 1.165) is 77.9 Å². The Kier molecular flexibility index (Phi) is 19.8. The molecule has 5 aliphatic rings. The van der Waals surface area contributed by atoms with E-state index in [4.69, 9.17) is 28.4 Å². The highest BCUT2D eigenvalue weighted by Crippen LogP contribution is 2.49. The zero-order chi connectivity index (χ0) is 63.6. The number of carbonyl (C=O) groups is 3. The number of nitrogens with one attached hydrogen (secondary N) is 1. The quantitative estimate of drug-likeness (QED) is 0.0294. The van der Waals surface area contributed by atoms with Gasteiger partial charge in [-0.2, -0.15) is 4.31 Å². The lowest BCUT2D eigenvalue weighted by Crippen LogP contribution is -2.40. The number of ether oxygens (including phenoxy) is 6. The van der Waals surface area contributed by atoms with Crippen LogP contribution in [0, 0.1) is 11.8 Å². The second-order valence-corrected chi connectivity index (χ2v) is 26.0. The van der Waals surface area contributed by atoms with Crippen molar-refractivity contribution in [1.29, 1.82) is 0 Å². The van der Waals surface area contributed by atoms with Gasteiger partial charge in [0.1, 0.15) is 47.6 Å². The molecule has 16 heteroatoms. The third-order valence-corrected chi connectivity index (χ3v) is 20.4. The zero-order valence-electron chi connectivity index (χ0n) is 52.6. The number of piperidine rings is 1. The molecule has 1 fully saturated rings. The number of methoxy groups -OCH3 is 2. The van der Waals surface area contributed by atoms with Crippen LogP contribution in [0.4, 0.5) is 17.1 Å². The molecule has 4 aliphatic heterocycles. The van der Waals surface area contributed by atoms with Gasteiger partial charge in [0.15, 0.2) is 0 Å². The van der Waals surface area contributed by atoms with Crippen LogP contribution >= 0.6 is 0 Å². The van der Waals surface area contributed by atoms with Crippen molar-refractivity contribution in [2.45, 2.75) is 81.2 Å². The summed E-state index contributed by atoms with van der Waals surface area (Å²) in [6, 6.07) is 56.2. The molecule has 0 spiro atoms. The molecule has 1 saturated heterocycles. The zero-order valence-corrected chi connectivity index (χ0v) is 53.4. The standard InChI is InChI=1S/C76H80N4O11S/c1-4-77-73(82)51-88-52-74(83)89-49-53(50-90-76(57-20-8-6-9-21-57,58-27-33-62(86-2)34-28-58)59-29-35-63(87-3)36-30-59)17-7-5-10-25-69(81)56-39-43-78(44-40-56)92(84,85)72-26-16-13-22-66(72)75-64-37-31-60(79-45-41-54-18-11-14-23-67(54)79)47-70(64)91-71-48-61(32-38-65(71)75)80-46-42-55-19-12-15-24-68(55)80/h6,8-9,11-16,18-24,26-38,47-48,53,56,60H,4-5,7,10,17,25,39-46,49-52H2,1-3H3,(H,77,82). The number of hydrogen-bond donors (Lipinski definition) is 1. The molecule has 7 aromatic rings. The van der Waals surface area contributed by atoms with Gasteiger partial charge in [-0.25, -0.2) is 13.2 Å². The van der Waals surface area contributed by atoms with E-state index in [1.807, 2.05) is 91.0 Å². The van der Waals surface area contributed by atoms with Crippen LogP contribution in [0.1, 0.15) is 90.8 Å². The first-order chi connectivity index (χ1) is 44.9. The molecule has 15 nitrogen and oxygen atoms in total. The predicted octanol–water partition coefficient (Wildman–Crippen LogP) is 12.7. The number of Topliss-reactive ketones (excluding diaryl/α,β-unsaturated/α-hetero) is 1. The Balaban J connectivity index is 0.723. The number of esters is 1. The Morgan fingerprint density at radius 1 is 0.674 bits per heavy atom. The highest BCUT2D eigenvalue weighted by atomic mass is 32.2. The van der Waals surface area contributed by atoms with Crippen LogP contribution in [-0.4, -0.2) is 110 Å². The Labute approximate surface area is 540 Å². The first kappa shape index (κ1) is 63.4. The maximum Gasteiger partial charge on any atom is 0.332 e. The molecule has 0 saturated carbocycles. The van der Waals surface area contributed by atoms with Crippen molar-refractivity contribution in [2.24, 2.45) is 11.8 Å². The normalized spacial score (nSPS) is 16.6. The lowest BCUT2D eigenvalue weighted by molar-refractivity contribution is -0.152. The van der Waals surface area contributed by atoms with Gasteiger partial charge in [-0.3, -0.25) is 9.59 Å². The van der Waals surface area contributed by atoms with Gasteiger partial charge in [0, 0.05) is 96.4 Å². The second kappa shape index (κ2) is 28.8. The van der Waals surface area contributed by atoms with E-state index in [-0.39, 0.29) is 74.0 Å². The lowest BCUT2D eigenvalue weighted by atomic mass is 9.79. The van der Waals surface area contributed by atoms with Gasteiger partial charge < -0.3 is 43.5 Å². The Morgan fingerprint density at radius 3 is 2.04 bits per heavy atom. The molecule has 476 valence electrons. The number of allylic oxidation sites excluding steroid dienone is 1. The maximum atomic E-state index is 15.2. The fourth-order valence-electron chi connectivity index (χ4n) is 13.7. The number of para-hydroxylation sites is 2. The summed E-state index contributed by atoms with van der Waals surface area (Å²) < 4.78 is 68.5. The topological polar surface area (TPSA) is 162 Å². The van der Waals surface area contributed by atoms with Gasteiger partial charge in [0.25, 0.3) is 0 Å². The number of unbranched alkanes of at least 4 members (excludes halogenated alkanes) is 2. The van der Waals surface area contributed by atoms with Crippen LogP contribution in [-0.2, 0) is 57.1 Å². The third-order valence-electron chi connectivity index (χ3n) is 18.5. The minimum Gasteiger partial charge on any atom is -0.497 e. The monoisotopic (exact) mass is 1260 g/mol. The Bertz CT molecular complexity index is 3940. The molecule has 1 N–H and O–H groups in total. The van der Waals surface area contributed by atoms with Crippen LogP contribution < -0.4 is 29.3 Å². The number of nitrogens with zero attached hydrogens (tertiary/aromatic N) is 3. The van der Waals surface area contributed by atoms with E-state index in [2.05, 4.69) is 100 Å². The molecule has 2 unspecified atom stereocenters. The average Bonchev–Trinajstić information content (AvgIpc) is 0.791. The van der Waals surface area contributed by atoms with E-state index >= 15 is 8.42 Å². The second-order valence-electron chi connectivity index (χ2n) is 24.1. The molecule has 0 aromatic heterocycles. The number of benzene rings is 7. The summed E-state index contributed by atoms with van der Waals surface area (Å²) in [6.45, 7) is 3.98. The fraction of sp³-hybridized carbons (Fsp3) is 0.329. The first-order valence-corrected chi connectivity index (χ1v) is 33.7. The van der Waals surface area contributed by atoms with Gasteiger partial charge >= 0.3 is 5.97 Å². The largest absolute Gasteiger partial charge is 0.497 e. The van der Waals surface area contributed by atoms with Gasteiger partial charge in [0.2, 0.25) is 15.9 Å². The van der Waals surface area contributed by atoms with Crippen molar-refractivity contribution in [3.8, 4) is 17.2 Å². The number of ketones is 1. The van der Waals surface area contributed by atoms with Gasteiger partial charge in [0.05, 0.1) is 38.4 Å². The number of carbonyl (C=O) groups excluding carboxylic acids is 3. The molecule has 0 radical (unpaired) electrons. The fourth-order valence-corrected chi connectivity index (χ4v) is 15.4. The van der Waals surface area contributed by atoms with E-state index in [1.54, 1.807) is 37.6 Å². The predicted molar refractivity (Wildman–Crippen MR) is 357 cm³/mol. The van der Waals surface area contributed by atoms with Crippen LogP contribution in [0.2, 0.25) is 0 Å². The summed E-state index contributed by atoms with van der Waals surface area (Å²) in [5, 5.41) is 2.66. The van der Waals surface area contributed by atoms with Crippen LogP contribution in [0.25, 0.3) is 5.57 Å². The van der Waals surface area contributed by atoms with E-state index in [9.17, 15) is 14.4 Å². The van der Waals surface area contributed by atoms with E-state index in [0.29, 0.717) is 67.2 Å². The number of sulfonamides is 1. The summed E-state index contributed by atoms with van der Waals surface area (Å²) in [4.78, 5) is 44.2. The summed E-state index contributed by atoms with van der Waals surface area (Å²) in [5.74, 6) is 1.43. The SMILES string of the molecule is CCNC(=O)COCC(=O)OCC(CCCCCC(=O)C1CCN(S(=O)(=O)c2ccccc2C2=C3C=CC(N4CCc5ccccc54)C=C3Oc3cc(N4CCc5ccccc54)ccc32)CC1)COC(c1ccccc1)(c1ccc(OC)cc1)c1ccc(OC)cc1. The molecule has 92 heavy (non-hydrogen) atoms. The maximum absolute atomic E-state index is 15.2. The van der Waals surface area contributed by atoms with Crippen molar-refractivity contribution in [3.05, 3.63) is 238 Å². The number of anilines is 3. The summed E-state index contributed by atoms with van der Waals surface area (Å²) in [6.07, 6.45) is 12.3. The van der Waals surface area contributed by atoms with Crippen molar-refractivity contribution < 1.29 is 51.2 Å². The highest BCUT2D eigenvalue weighted by molar-refractivity contribution is 7.89. The minimum atomic E-state index is -4.05. The summed E-state index contributed by atoms with van der Waals surface area (Å²) >= 11 is 0. The summed E-state index contributed by atoms with van der Waals surface area (Å²) in [5.41, 5.74) is 10.6. The van der Waals surface area contributed by atoms with Crippen LogP contribution in [0.3, 0.4) is 0 Å². The van der Waals surface area contributed by atoms with Crippen molar-refractivity contribution >= 4 is 50.3 Å². The third kappa shape index (κ3) is 13.6. The Hall–Kier alpha value is -8.80. The summed E-state index contributed by atoms with van der Waals surface area (Å²) in [7, 11) is -0.795. The molecule has 7 aromatic carbocycles. The number of rotatable bonds is 27. The molecule has 1 amide bonds. The average molecular weight is 1260 g/mol. The molecule has 4 heterocycles. The number of amides is 1. The van der Waals surface area contributed by atoms with Crippen molar-refractivity contribution in [2.75, 3.05) is 83.2 Å². The smallest absolute Gasteiger partial charge is 0.332 e. The van der Waals surface area contributed by atoms with E-state index < -0.39 is 21.6 Å². The van der Waals surface area contributed by atoms with Crippen LogP contribution in [0.5, 0.6) is 17.2 Å². The van der Waals surface area contributed by atoms with Crippen molar-refractivity contribution in [3.63, 3.8) is 0 Å². The first-order valence-electron chi connectivity index (χ1n) is 32.2. The molecule has 0 bridgehead atoms. The van der Waals surface area contributed by atoms with Gasteiger partial charge in [-0.05, 0) is 134 Å². The van der Waals surface area contributed by atoms with Crippen LogP contribution in [0.15, 0.2) is 204 Å². The molecular weight excluding hydrogens is 1180 g/mol. The highest BCUT2D eigenvalue weighted by Gasteiger charge is 2.40. The molecule has 1 aliphatic carbocycles. The molecule has 12 rings (SSSR count). The van der Waals surface area contributed by atoms with E-state index in [1.165, 1.54) is 22.5 Å².